The highest BCUT2D eigenvalue weighted by atomic mass is 32.2. The van der Waals surface area contributed by atoms with Gasteiger partial charge in [0.2, 0.25) is 5.91 Å². The Bertz CT molecular complexity index is 888. The lowest BCUT2D eigenvalue weighted by Crippen LogP contribution is -2.43. The first kappa shape index (κ1) is 20.0. The fourth-order valence-corrected chi connectivity index (χ4v) is 5.57. The standard InChI is InChI=1S/C20H26N2O3S2/c1-14-7-9-16(10-8-14)20-21-17(11-26-20)12-27(24,25)13-19(23)22-18-6-4-3-5-15(18)2/h7-11,15,18H,3-6,12-13H2,1-2H3,(H,22,23)/t15-,18-/m1/s1. The van der Waals surface area contributed by atoms with Gasteiger partial charge in [-0.15, -0.1) is 11.3 Å². The van der Waals surface area contributed by atoms with E-state index in [0.29, 0.717) is 11.6 Å². The molecule has 27 heavy (non-hydrogen) atoms. The molecule has 1 fully saturated rings. The lowest BCUT2D eigenvalue weighted by Gasteiger charge is -2.29. The molecule has 3 rings (SSSR count). The summed E-state index contributed by atoms with van der Waals surface area (Å²) in [5, 5.41) is 5.46. The molecule has 0 saturated heterocycles. The van der Waals surface area contributed by atoms with Crippen molar-refractivity contribution in [2.45, 2.75) is 51.3 Å². The molecule has 0 spiro atoms. The van der Waals surface area contributed by atoms with Crippen molar-refractivity contribution in [3.63, 3.8) is 0 Å². The first-order valence-electron chi connectivity index (χ1n) is 9.33. The van der Waals surface area contributed by atoms with Crippen LogP contribution in [0.3, 0.4) is 0 Å². The maximum absolute atomic E-state index is 12.4. The van der Waals surface area contributed by atoms with E-state index in [1.165, 1.54) is 17.8 Å². The van der Waals surface area contributed by atoms with E-state index in [1.807, 2.05) is 31.2 Å². The third kappa shape index (κ3) is 5.62. The molecule has 1 aliphatic carbocycles. The predicted octanol–water partition coefficient (Wildman–Crippen LogP) is 3.73. The summed E-state index contributed by atoms with van der Waals surface area (Å²) in [7, 11) is -3.55. The summed E-state index contributed by atoms with van der Waals surface area (Å²) in [6.07, 6.45) is 4.28. The lowest BCUT2D eigenvalue weighted by molar-refractivity contribution is -0.119. The number of rotatable bonds is 6. The quantitative estimate of drug-likeness (QED) is 0.793. The van der Waals surface area contributed by atoms with E-state index in [9.17, 15) is 13.2 Å². The minimum atomic E-state index is -3.55. The molecule has 2 atom stereocenters. The molecular weight excluding hydrogens is 380 g/mol. The van der Waals surface area contributed by atoms with E-state index >= 15 is 0 Å². The molecule has 1 amide bonds. The first-order chi connectivity index (χ1) is 12.8. The zero-order chi connectivity index (χ0) is 19.4. The number of aryl methyl sites for hydroxylation is 1. The van der Waals surface area contributed by atoms with Crippen molar-refractivity contribution in [2.75, 3.05) is 5.75 Å². The van der Waals surface area contributed by atoms with E-state index in [4.69, 9.17) is 0 Å². The number of hydrogen-bond acceptors (Lipinski definition) is 5. The van der Waals surface area contributed by atoms with Crippen LogP contribution in [0.2, 0.25) is 0 Å². The minimum absolute atomic E-state index is 0.0915. The van der Waals surface area contributed by atoms with E-state index in [0.717, 1.165) is 35.4 Å². The van der Waals surface area contributed by atoms with Crippen LogP contribution in [0.5, 0.6) is 0 Å². The Morgan fingerprint density at radius 2 is 1.93 bits per heavy atom. The van der Waals surface area contributed by atoms with Gasteiger partial charge in [0.1, 0.15) is 10.8 Å². The van der Waals surface area contributed by atoms with Crippen LogP contribution < -0.4 is 5.32 Å². The largest absolute Gasteiger partial charge is 0.352 e. The first-order valence-corrected chi connectivity index (χ1v) is 12.0. The van der Waals surface area contributed by atoms with Gasteiger partial charge < -0.3 is 5.32 Å². The van der Waals surface area contributed by atoms with Crippen molar-refractivity contribution in [2.24, 2.45) is 5.92 Å². The maximum atomic E-state index is 12.4. The lowest BCUT2D eigenvalue weighted by atomic mass is 9.86. The molecule has 0 radical (unpaired) electrons. The second-order valence-corrected chi connectivity index (χ2v) is 10.4. The number of carbonyl (C=O) groups is 1. The number of sulfone groups is 1. The SMILES string of the molecule is Cc1ccc(-c2nc(CS(=O)(=O)CC(=O)N[C@@H]3CCCC[C@H]3C)cs2)cc1. The zero-order valence-electron chi connectivity index (χ0n) is 15.8. The number of carbonyl (C=O) groups excluding carboxylic acids is 1. The van der Waals surface area contributed by atoms with Gasteiger partial charge in [0.15, 0.2) is 9.84 Å². The van der Waals surface area contributed by atoms with Gasteiger partial charge in [-0.2, -0.15) is 0 Å². The monoisotopic (exact) mass is 406 g/mol. The Balaban J connectivity index is 1.59. The topological polar surface area (TPSA) is 76.1 Å². The van der Waals surface area contributed by atoms with Crippen LogP contribution in [0.25, 0.3) is 10.6 Å². The number of nitrogens with one attached hydrogen (secondary N) is 1. The van der Waals surface area contributed by atoms with Gasteiger partial charge in [0.05, 0.1) is 11.4 Å². The molecule has 0 unspecified atom stereocenters. The van der Waals surface area contributed by atoms with Gasteiger partial charge in [-0.1, -0.05) is 49.6 Å². The predicted molar refractivity (Wildman–Crippen MR) is 109 cm³/mol. The van der Waals surface area contributed by atoms with Crippen LogP contribution in [-0.2, 0) is 20.4 Å². The zero-order valence-corrected chi connectivity index (χ0v) is 17.4. The van der Waals surface area contributed by atoms with Gasteiger partial charge in [-0.25, -0.2) is 13.4 Å². The molecule has 1 N–H and O–H groups in total. The molecule has 1 aliphatic rings. The highest BCUT2D eigenvalue weighted by molar-refractivity contribution is 7.91. The summed E-state index contributed by atoms with van der Waals surface area (Å²) in [5.41, 5.74) is 2.63. The molecule has 146 valence electrons. The molecule has 5 nitrogen and oxygen atoms in total. The molecule has 0 bridgehead atoms. The van der Waals surface area contributed by atoms with Crippen LogP contribution in [0.15, 0.2) is 29.6 Å². The average molecular weight is 407 g/mol. The van der Waals surface area contributed by atoms with Crippen LogP contribution >= 0.6 is 11.3 Å². The summed E-state index contributed by atoms with van der Waals surface area (Å²) < 4.78 is 24.9. The summed E-state index contributed by atoms with van der Waals surface area (Å²) in [6, 6.07) is 8.05. The van der Waals surface area contributed by atoms with E-state index in [-0.39, 0.29) is 11.8 Å². The molecule has 1 heterocycles. The van der Waals surface area contributed by atoms with Gasteiger partial charge >= 0.3 is 0 Å². The second-order valence-electron chi connectivity index (χ2n) is 7.48. The Morgan fingerprint density at radius 3 is 2.63 bits per heavy atom. The highest BCUT2D eigenvalue weighted by Crippen LogP contribution is 2.25. The molecule has 0 aliphatic heterocycles. The third-order valence-corrected chi connectivity index (χ3v) is 7.40. The van der Waals surface area contributed by atoms with E-state index in [1.54, 1.807) is 5.38 Å². The van der Waals surface area contributed by atoms with Crippen molar-refractivity contribution in [1.82, 2.24) is 10.3 Å². The Kier molecular flexibility index (Phi) is 6.32. The summed E-state index contributed by atoms with van der Waals surface area (Å²) in [4.78, 5) is 16.7. The fraction of sp³-hybridized carbons (Fsp3) is 0.500. The van der Waals surface area contributed by atoms with Crippen LogP contribution in [0.4, 0.5) is 0 Å². The summed E-state index contributed by atoms with van der Waals surface area (Å²) >= 11 is 1.42. The molecule has 2 aromatic rings. The van der Waals surface area contributed by atoms with Crippen molar-refractivity contribution in [3.8, 4) is 10.6 Å². The number of hydrogen-bond donors (Lipinski definition) is 1. The molecule has 1 aromatic heterocycles. The van der Waals surface area contributed by atoms with E-state index < -0.39 is 21.5 Å². The summed E-state index contributed by atoms with van der Waals surface area (Å²) in [5.74, 6) is -0.680. The van der Waals surface area contributed by atoms with Crippen LogP contribution in [0, 0.1) is 12.8 Å². The van der Waals surface area contributed by atoms with Crippen molar-refractivity contribution < 1.29 is 13.2 Å². The maximum Gasteiger partial charge on any atom is 0.235 e. The van der Waals surface area contributed by atoms with Crippen LogP contribution in [-0.4, -0.2) is 31.1 Å². The Morgan fingerprint density at radius 1 is 1.22 bits per heavy atom. The number of benzene rings is 1. The minimum Gasteiger partial charge on any atom is -0.352 e. The van der Waals surface area contributed by atoms with Crippen LogP contribution in [0.1, 0.15) is 43.9 Å². The second kappa shape index (κ2) is 8.52. The normalized spacial score (nSPS) is 20.4. The fourth-order valence-electron chi connectivity index (χ4n) is 3.46. The molecule has 7 heteroatoms. The van der Waals surface area contributed by atoms with E-state index in [2.05, 4.69) is 17.2 Å². The smallest absolute Gasteiger partial charge is 0.235 e. The van der Waals surface area contributed by atoms with Crippen molar-refractivity contribution in [3.05, 3.63) is 40.9 Å². The number of thiazole rings is 1. The summed E-state index contributed by atoms with van der Waals surface area (Å²) in [6.45, 7) is 4.13. The molecule has 1 aromatic carbocycles. The number of amides is 1. The Labute approximate surface area is 165 Å². The Hall–Kier alpha value is -1.73. The van der Waals surface area contributed by atoms with Gasteiger partial charge in [-0.05, 0) is 25.7 Å². The number of nitrogens with zero attached hydrogens (tertiary/aromatic N) is 1. The van der Waals surface area contributed by atoms with Crippen molar-refractivity contribution >= 4 is 27.1 Å². The van der Waals surface area contributed by atoms with Crippen molar-refractivity contribution in [1.29, 1.82) is 0 Å². The molecular formula is C20H26N2O3S2. The van der Waals surface area contributed by atoms with Gasteiger partial charge in [0.25, 0.3) is 0 Å². The molecule has 1 saturated carbocycles. The van der Waals surface area contributed by atoms with Gasteiger partial charge in [-0.3, -0.25) is 4.79 Å². The highest BCUT2D eigenvalue weighted by Gasteiger charge is 2.25. The third-order valence-electron chi connectivity index (χ3n) is 5.03. The average Bonchev–Trinajstić information content (AvgIpc) is 3.04. The number of aromatic nitrogens is 1. The van der Waals surface area contributed by atoms with Gasteiger partial charge in [0, 0.05) is 17.0 Å².